The molecule has 1 amide bonds. The predicted molar refractivity (Wildman–Crippen MR) is 123 cm³/mol. The van der Waals surface area contributed by atoms with E-state index in [1.165, 1.54) is 0 Å². The van der Waals surface area contributed by atoms with Crippen LogP contribution in [0.2, 0.25) is 0 Å². The van der Waals surface area contributed by atoms with Crippen LogP contribution >= 0.6 is 0 Å². The van der Waals surface area contributed by atoms with Crippen molar-refractivity contribution in [2.75, 3.05) is 10.9 Å². The topological polar surface area (TPSA) is 113 Å². The van der Waals surface area contributed by atoms with Gasteiger partial charge in [-0.2, -0.15) is 26.3 Å². The standard InChI is InChI=1S/C24H21F7N2O6S/c25-15-3-6-18(7-4-15)40(37,38)33-17(11-20(34)32-16-10-21(35)39-12-16)5-1-13-9-14(2-8-19(13)33)22(36,23(26,27)28)24(29,30)31/h2-4,6-9,16-17,36H,1,5,10-12H2,(H,32,34). The lowest BCUT2D eigenvalue weighted by molar-refractivity contribution is -0.376. The molecule has 0 bridgehead atoms. The molecule has 2 aromatic rings. The summed E-state index contributed by atoms with van der Waals surface area (Å²) in [5.41, 5.74) is -7.37. The van der Waals surface area contributed by atoms with Crippen LogP contribution in [0.3, 0.4) is 0 Å². The minimum atomic E-state index is -6.15. The summed E-state index contributed by atoms with van der Waals surface area (Å²) in [6.07, 6.45) is -13.4. The highest BCUT2D eigenvalue weighted by atomic mass is 32.2. The van der Waals surface area contributed by atoms with E-state index in [0.717, 1.165) is 24.3 Å². The minimum absolute atomic E-state index is 0.0975. The van der Waals surface area contributed by atoms with Crippen molar-refractivity contribution in [1.82, 2.24) is 5.32 Å². The van der Waals surface area contributed by atoms with Crippen molar-refractivity contribution in [1.29, 1.82) is 0 Å². The van der Waals surface area contributed by atoms with Gasteiger partial charge in [-0.15, -0.1) is 0 Å². The molecule has 0 aliphatic carbocycles. The number of anilines is 1. The number of cyclic esters (lactones) is 1. The fourth-order valence-corrected chi connectivity index (χ4v) is 6.40. The highest BCUT2D eigenvalue weighted by Gasteiger charge is 2.71. The lowest BCUT2D eigenvalue weighted by Crippen LogP contribution is -2.54. The fourth-order valence-electron chi connectivity index (χ4n) is 4.69. The summed E-state index contributed by atoms with van der Waals surface area (Å²) in [5, 5.41) is 12.3. The lowest BCUT2D eigenvalue weighted by atomic mass is 9.87. The first-order valence-corrected chi connectivity index (χ1v) is 13.1. The van der Waals surface area contributed by atoms with Crippen LogP contribution in [0.5, 0.6) is 0 Å². The molecule has 1 fully saturated rings. The quantitative estimate of drug-likeness (QED) is 0.389. The van der Waals surface area contributed by atoms with E-state index in [0.29, 0.717) is 22.5 Å². The van der Waals surface area contributed by atoms with Gasteiger partial charge in [0.05, 0.1) is 29.1 Å². The smallest absolute Gasteiger partial charge is 0.430 e. The molecule has 0 aromatic heterocycles. The van der Waals surface area contributed by atoms with E-state index >= 15 is 0 Å². The van der Waals surface area contributed by atoms with Crippen molar-refractivity contribution in [3.8, 4) is 0 Å². The summed E-state index contributed by atoms with van der Waals surface area (Å²) in [5.74, 6) is -2.01. The molecular weight excluding hydrogens is 577 g/mol. The molecule has 16 heteroatoms. The van der Waals surface area contributed by atoms with E-state index in [9.17, 15) is 53.8 Å². The number of esters is 1. The van der Waals surface area contributed by atoms with E-state index in [1.807, 2.05) is 0 Å². The lowest BCUT2D eigenvalue weighted by Gasteiger charge is -2.39. The average Bonchev–Trinajstić information content (AvgIpc) is 3.25. The van der Waals surface area contributed by atoms with Gasteiger partial charge in [-0.3, -0.25) is 13.9 Å². The average molecular weight is 598 g/mol. The molecular formula is C24H21F7N2O6S. The number of halogens is 7. The van der Waals surface area contributed by atoms with Crippen molar-refractivity contribution in [2.24, 2.45) is 0 Å². The number of hydrogen-bond acceptors (Lipinski definition) is 6. The molecule has 2 aliphatic rings. The molecule has 2 atom stereocenters. The number of alkyl halides is 6. The number of aliphatic hydroxyl groups is 1. The number of aryl methyl sites for hydroxylation is 1. The first-order chi connectivity index (χ1) is 18.4. The summed E-state index contributed by atoms with van der Waals surface area (Å²) < 4.78 is 127. The number of fused-ring (bicyclic) bond motifs is 1. The van der Waals surface area contributed by atoms with Crippen LogP contribution in [0.1, 0.15) is 30.4 Å². The maximum atomic E-state index is 13.6. The molecule has 2 unspecified atom stereocenters. The molecule has 0 radical (unpaired) electrons. The monoisotopic (exact) mass is 598 g/mol. The second-order valence-corrected chi connectivity index (χ2v) is 11.2. The Morgan fingerprint density at radius 3 is 2.23 bits per heavy atom. The van der Waals surface area contributed by atoms with Crippen LogP contribution in [0.15, 0.2) is 47.4 Å². The van der Waals surface area contributed by atoms with Gasteiger partial charge in [-0.05, 0) is 48.7 Å². The number of nitrogens with one attached hydrogen (secondary N) is 1. The van der Waals surface area contributed by atoms with Gasteiger partial charge in [0.15, 0.2) is 0 Å². The molecule has 218 valence electrons. The number of amides is 1. The molecule has 1 saturated heterocycles. The van der Waals surface area contributed by atoms with Crippen LogP contribution in [0, 0.1) is 5.82 Å². The summed E-state index contributed by atoms with van der Waals surface area (Å²) in [6, 6.07) is 3.13. The van der Waals surface area contributed by atoms with E-state index in [2.05, 4.69) is 5.32 Å². The Morgan fingerprint density at radius 1 is 1.05 bits per heavy atom. The number of hydrogen-bond donors (Lipinski definition) is 2. The molecule has 2 N–H and O–H groups in total. The molecule has 2 aromatic carbocycles. The van der Waals surface area contributed by atoms with Crippen LogP contribution in [-0.4, -0.2) is 56.4 Å². The van der Waals surface area contributed by atoms with Gasteiger partial charge in [0.25, 0.3) is 15.6 Å². The highest BCUT2D eigenvalue weighted by molar-refractivity contribution is 7.92. The molecule has 2 heterocycles. The van der Waals surface area contributed by atoms with Crippen molar-refractivity contribution in [2.45, 2.75) is 60.6 Å². The number of benzene rings is 2. The summed E-state index contributed by atoms with van der Waals surface area (Å²) in [4.78, 5) is 23.6. The first kappa shape index (κ1) is 29.6. The number of carbonyl (C=O) groups excluding carboxylic acids is 2. The number of rotatable bonds is 6. The summed E-state index contributed by atoms with van der Waals surface area (Å²) in [7, 11) is -4.63. The van der Waals surface area contributed by atoms with Crippen LogP contribution in [0.4, 0.5) is 36.4 Å². The van der Waals surface area contributed by atoms with Gasteiger partial charge in [-0.1, -0.05) is 12.1 Å². The SMILES string of the molecule is O=C(CC1CCc2cc(C(O)(C(F)(F)F)C(F)(F)F)ccc2N1S(=O)(=O)c1ccc(F)cc1)NC1COC(=O)C1. The Balaban J connectivity index is 1.76. The number of carbonyl (C=O) groups is 2. The Kier molecular flexibility index (Phi) is 7.55. The summed E-state index contributed by atoms with van der Waals surface area (Å²) >= 11 is 0. The molecule has 0 saturated carbocycles. The Bertz CT molecular complexity index is 1400. The maximum absolute atomic E-state index is 13.6. The second kappa shape index (κ2) is 10.2. The number of ether oxygens (including phenoxy) is 1. The van der Waals surface area contributed by atoms with E-state index in [-0.39, 0.29) is 37.1 Å². The zero-order valence-electron chi connectivity index (χ0n) is 20.2. The zero-order chi connectivity index (χ0) is 29.7. The molecule has 2 aliphatic heterocycles. The van der Waals surface area contributed by atoms with Crippen LogP contribution < -0.4 is 9.62 Å². The minimum Gasteiger partial charge on any atom is -0.463 e. The third kappa shape index (κ3) is 5.33. The van der Waals surface area contributed by atoms with Gasteiger partial charge < -0.3 is 15.2 Å². The fraction of sp³-hybridized carbons (Fsp3) is 0.417. The predicted octanol–water partition coefficient (Wildman–Crippen LogP) is 3.47. The normalized spacial score (nSPS) is 20.2. The van der Waals surface area contributed by atoms with Crippen molar-refractivity contribution >= 4 is 27.6 Å². The van der Waals surface area contributed by atoms with Gasteiger partial charge in [0.2, 0.25) is 5.91 Å². The molecule has 0 spiro atoms. The number of sulfonamides is 1. The van der Waals surface area contributed by atoms with Crippen molar-refractivity contribution < 1.29 is 58.6 Å². The van der Waals surface area contributed by atoms with Gasteiger partial charge in [0.1, 0.15) is 12.4 Å². The van der Waals surface area contributed by atoms with E-state index < -0.39 is 74.6 Å². The third-order valence-corrected chi connectivity index (χ3v) is 8.53. The third-order valence-electron chi connectivity index (χ3n) is 6.65. The van der Waals surface area contributed by atoms with Crippen molar-refractivity contribution in [3.05, 3.63) is 59.4 Å². The van der Waals surface area contributed by atoms with Crippen molar-refractivity contribution in [3.63, 3.8) is 0 Å². The Labute approximate surface area is 222 Å². The van der Waals surface area contributed by atoms with Gasteiger partial charge in [0, 0.05) is 12.0 Å². The largest absolute Gasteiger partial charge is 0.463 e. The zero-order valence-corrected chi connectivity index (χ0v) is 21.0. The summed E-state index contributed by atoms with van der Waals surface area (Å²) in [6.45, 7) is -0.0975. The van der Waals surface area contributed by atoms with E-state index in [1.54, 1.807) is 0 Å². The van der Waals surface area contributed by atoms with Crippen LogP contribution in [0.25, 0.3) is 0 Å². The highest BCUT2D eigenvalue weighted by Crippen LogP contribution is 2.51. The molecule has 4 rings (SSSR count). The number of nitrogens with zero attached hydrogens (tertiary/aromatic N) is 1. The van der Waals surface area contributed by atoms with Crippen LogP contribution in [-0.2, 0) is 36.4 Å². The van der Waals surface area contributed by atoms with E-state index in [4.69, 9.17) is 4.74 Å². The van der Waals surface area contributed by atoms with Gasteiger partial charge >= 0.3 is 18.3 Å². The van der Waals surface area contributed by atoms with Gasteiger partial charge in [-0.25, -0.2) is 12.8 Å². The Morgan fingerprint density at radius 2 is 1.68 bits per heavy atom. The molecule has 40 heavy (non-hydrogen) atoms. The maximum Gasteiger partial charge on any atom is 0.430 e. The first-order valence-electron chi connectivity index (χ1n) is 11.7. The Hall–Kier alpha value is -3.40. The molecule has 8 nitrogen and oxygen atoms in total. The second-order valence-electron chi connectivity index (χ2n) is 9.35.